The van der Waals surface area contributed by atoms with E-state index in [1.807, 2.05) is 13.8 Å². The van der Waals surface area contributed by atoms with E-state index in [9.17, 15) is 14.7 Å². The van der Waals surface area contributed by atoms with E-state index in [1.54, 1.807) is 9.47 Å². The van der Waals surface area contributed by atoms with Crippen LogP contribution >= 0.6 is 11.3 Å². The summed E-state index contributed by atoms with van der Waals surface area (Å²) in [6, 6.07) is 0. The minimum Gasteiger partial charge on any atom is -0.396 e. The zero-order valence-electron chi connectivity index (χ0n) is 11.4. The van der Waals surface area contributed by atoms with Gasteiger partial charge in [-0.1, -0.05) is 11.3 Å². The van der Waals surface area contributed by atoms with Gasteiger partial charge in [-0.05, 0) is 32.6 Å². The smallest absolute Gasteiger partial charge is 0.308 e. The zero-order valence-corrected chi connectivity index (χ0v) is 12.2. The van der Waals surface area contributed by atoms with Crippen molar-refractivity contribution < 1.29 is 9.90 Å². The molecule has 2 rings (SSSR count). The number of piperidine rings is 1. The summed E-state index contributed by atoms with van der Waals surface area (Å²) < 4.78 is 1.55. The second-order valence-corrected chi connectivity index (χ2v) is 6.29. The first-order valence-corrected chi connectivity index (χ1v) is 7.40. The number of thiazole rings is 1. The lowest BCUT2D eigenvalue weighted by Gasteiger charge is -2.32. The number of aromatic nitrogens is 1. The van der Waals surface area contributed by atoms with Gasteiger partial charge in [-0.2, -0.15) is 0 Å². The van der Waals surface area contributed by atoms with E-state index >= 15 is 0 Å². The lowest BCUT2D eigenvalue weighted by molar-refractivity contribution is -0.134. The lowest BCUT2D eigenvalue weighted by atomic mass is 9.99. The van der Waals surface area contributed by atoms with Gasteiger partial charge in [0.1, 0.15) is 6.54 Å². The second kappa shape index (κ2) is 5.88. The maximum atomic E-state index is 12.2. The Labute approximate surface area is 116 Å². The molecule has 0 saturated carbocycles. The van der Waals surface area contributed by atoms with E-state index < -0.39 is 0 Å². The van der Waals surface area contributed by atoms with Crippen molar-refractivity contribution in [1.82, 2.24) is 9.47 Å². The molecule has 0 aliphatic carbocycles. The zero-order chi connectivity index (χ0) is 14.0. The Kier molecular flexibility index (Phi) is 4.42. The number of amides is 1. The van der Waals surface area contributed by atoms with Crippen molar-refractivity contribution in [3.05, 3.63) is 20.2 Å². The Balaban J connectivity index is 2.06. The molecule has 2 heterocycles. The topological polar surface area (TPSA) is 62.5 Å². The van der Waals surface area contributed by atoms with Crippen molar-refractivity contribution in [2.24, 2.45) is 5.92 Å². The quantitative estimate of drug-likeness (QED) is 0.891. The highest BCUT2D eigenvalue weighted by atomic mass is 32.1. The van der Waals surface area contributed by atoms with Crippen molar-refractivity contribution in [1.29, 1.82) is 0 Å². The highest BCUT2D eigenvalue weighted by molar-refractivity contribution is 7.09. The molecule has 1 aromatic heterocycles. The number of hydrogen-bond acceptors (Lipinski definition) is 4. The van der Waals surface area contributed by atoms with Gasteiger partial charge in [0.15, 0.2) is 0 Å². The van der Waals surface area contributed by atoms with Crippen molar-refractivity contribution in [2.75, 3.05) is 19.7 Å². The van der Waals surface area contributed by atoms with Crippen molar-refractivity contribution in [3.8, 4) is 0 Å². The summed E-state index contributed by atoms with van der Waals surface area (Å²) in [5.74, 6) is 0.154. The molecular formula is C13H20N2O3S. The van der Waals surface area contributed by atoms with E-state index in [0.29, 0.717) is 6.54 Å². The number of hydrogen-bond donors (Lipinski definition) is 1. The standard InChI is InChI=1S/C13H20N2O3S/c1-9-10(2)19-13(18)15(9)7-12(17)14-5-3-4-11(6-14)8-16/h11,16H,3-8H2,1-2H3. The number of rotatable bonds is 3. The lowest BCUT2D eigenvalue weighted by Crippen LogP contribution is -2.43. The van der Waals surface area contributed by atoms with Gasteiger partial charge in [-0.3, -0.25) is 14.2 Å². The van der Waals surface area contributed by atoms with E-state index in [1.165, 1.54) is 11.3 Å². The van der Waals surface area contributed by atoms with Crippen LogP contribution in [0.4, 0.5) is 0 Å². The Hall–Kier alpha value is -1.14. The van der Waals surface area contributed by atoms with Crippen molar-refractivity contribution in [3.63, 3.8) is 0 Å². The average molecular weight is 284 g/mol. The predicted octanol–water partition coefficient (Wildman–Crippen LogP) is 0.758. The minimum atomic E-state index is -0.0703. The fourth-order valence-corrected chi connectivity index (χ4v) is 3.28. The van der Waals surface area contributed by atoms with Crippen molar-refractivity contribution >= 4 is 17.2 Å². The highest BCUT2D eigenvalue weighted by Gasteiger charge is 2.24. The van der Waals surface area contributed by atoms with E-state index in [4.69, 9.17) is 0 Å². The number of carbonyl (C=O) groups is 1. The Morgan fingerprint density at radius 1 is 1.47 bits per heavy atom. The van der Waals surface area contributed by atoms with Crippen LogP contribution < -0.4 is 4.87 Å². The van der Waals surface area contributed by atoms with Crippen LogP contribution in [0.15, 0.2) is 4.79 Å². The molecule has 19 heavy (non-hydrogen) atoms. The van der Waals surface area contributed by atoms with Crippen molar-refractivity contribution in [2.45, 2.75) is 33.2 Å². The fourth-order valence-electron chi connectivity index (χ4n) is 2.45. The third kappa shape index (κ3) is 3.06. The third-order valence-electron chi connectivity index (χ3n) is 3.80. The number of carbonyl (C=O) groups excluding carboxylic acids is 1. The number of likely N-dealkylation sites (tertiary alicyclic amines) is 1. The first-order chi connectivity index (χ1) is 9.02. The van der Waals surface area contributed by atoms with Gasteiger partial charge < -0.3 is 10.0 Å². The number of nitrogens with zero attached hydrogens (tertiary/aromatic N) is 2. The molecule has 1 amide bonds. The summed E-state index contributed by atoms with van der Waals surface area (Å²) in [6.45, 7) is 5.34. The third-order valence-corrected chi connectivity index (χ3v) is 4.80. The van der Waals surface area contributed by atoms with Crippen LogP contribution in [-0.2, 0) is 11.3 Å². The maximum Gasteiger partial charge on any atom is 0.308 e. The van der Waals surface area contributed by atoms with Gasteiger partial charge in [0, 0.05) is 30.3 Å². The van der Waals surface area contributed by atoms with Gasteiger partial charge in [0.05, 0.1) is 0 Å². The Morgan fingerprint density at radius 3 is 2.79 bits per heavy atom. The molecule has 1 aliphatic rings. The Bertz CT molecular complexity index is 520. The van der Waals surface area contributed by atoms with Crippen LogP contribution in [0.2, 0.25) is 0 Å². The van der Waals surface area contributed by atoms with Gasteiger partial charge >= 0.3 is 4.87 Å². The van der Waals surface area contributed by atoms with E-state index in [0.717, 1.165) is 30.0 Å². The van der Waals surface area contributed by atoms with Gasteiger partial charge in [-0.25, -0.2) is 0 Å². The molecule has 0 aromatic carbocycles. The maximum absolute atomic E-state index is 12.2. The molecule has 1 fully saturated rings. The van der Waals surface area contributed by atoms with Crippen LogP contribution in [0.25, 0.3) is 0 Å². The fraction of sp³-hybridized carbons (Fsp3) is 0.692. The first kappa shape index (κ1) is 14.3. The SMILES string of the molecule is Cc1sc(=O)n(CC(=O)N2CCCC(CO)C2)c1C. The molecule has 106 valence electrons. The van der Waals surface area contributed by atoms with Gasteiger partial charge in [-0.15, -0.1) is 0 Å². The predicted molar refractivity (Wildman–Crippen MR) is 74.4 cm³/mol. The second-order valence-electron chi connectivity index (χ2n) is 5.13. The molecular weight excluding hydrogens is 264 g/mol. The summed E-state index contributed by atoms with van der Waals surface area (Å²) in [6.07, 6.45) is 1.89. The molecule has 1 N–H and O–H groups in total. The first-order valence-electron chi connectivity index (χ1n) is 6.58. The van der Waals surface area contributed by atoms with E-state index in [2.05, 4.69) is 0 Å². The van der Waals surface area contributed by atoms with E-state index in [-0.39, 0.29) is 29.8 Å². The summed E-state index contributed by atoms with van der Waals surface area (Å²) in [7, 11) is 0. The summed E-state index contributed by atoms with van der Waals surface area (Å²) in [5.41, 5.74) is 0.874. The molecule has 1 aliphatic heterocycles. The molecule has 0 spiro atoms. The van der Waals surface area contributed by atoms with Crippen LogP contribution in [0.1, 0.15) is 23.4 Å². The molecule has 0 bridgehead atoms. The summed E-state index contributed by atoms with van der Waals surface area (Å²) in [4.78, 5) is 26.7. The van der Waals surface area contributed by atoms with Crippen LogP contribution in [-0.4, -0.2) is 40.2 Å². The number of aryl methyl sites for hydroxylation is 1. The summed E-state index contributed by atoms with van der Waals surface area (Å²) >= 11 is 1.19. The molecule has 1 aromatic rings. The Morgan fingerprint density at radius 2 is 2.21 bits per heavy atom. The summed E-state index contributed by atoms with van der Waals surface area (Å²) in [5, 5.41) is 9.18. The van der Waals surface area contributed by atoms with Gasteiger partial charge in [0.2, 0.25) is 5.91 Å². The molecule has 1 atom stereocenters. The molecule has 1 saturated heterocycles. The number of aliphatic hydroxyl groups is 1. The van der Waals surface area contributed by atoms with Crippen LogP contribution in [0.5, 0.6) is 0 Å². The van der Waals surface area contributed by atoms with Crippen LogP contribution in [0.3, 0.4) is 0 Å². The number of aliphatic hydroxyl groups excluding tert-OH is 1. The molecule has 1 unspecified atom stereocenters. The normalized spacial score (nSPS) is 19.7. The highest BCUT2D eigenvalue weighted by Crippen LogP contribution is 2.17. The molecule has 5 nitrogen and oxygen atoms in total. The molecule has 6 heteroatoms. The largest absolute Gasteiger partial charge is 0.396 e. The average Bonchev–Trinajstić information content (AvgIpc) is 2.65. The van der Waals surface area contributed by atoms with Crippen LogP contribution in [0, 0.1) is 19.8 Å². The monoisotopic (exact) mass is 284 g/mol. The minimum absolute atomic E-state index is 0.0267. The van der Waals surface area contributed by atoms with Gasteiger partial charge in [0.25, 0.3) is 0 Å². The molecule has 0 radical (unpaired) electrons.